The van der Waals surface area contributed by atoms with Crippen molar-refractivity contribution in [3.05, 3.63) is 16.0 Å². The van der Waals surface area contributed by atoms with Gasteiger partial charge in [-0.1, -0.05) is 0 Å². The van der Waals surface area contributed by atoms with Gasteiger partial charge in [-0.05, 0) is 37.0 Å². The number of fused-ring (bicyclic) bond motifs is 1. The van der Waals surface area contributed by atoms with Crippen LogP contribution in [0.1, 0.15) is 29.3 Å². The average Bonchev–Trinajstić information content (AvgIpc) is 2.75. The number of carbonyl (C=O) groups excluding carboxylic acids is 1. The fraction of sp³-hybridized carbons (Fsp3) is 0.364. The molecule has 0 aromatic carbocycles. The number of anilines is 1. The Morgan fingerprint density at radius 2 is 2.29 bits per heavy atom. The largest absolute Gasteiger partial charge is 0.323 e. The molecule has 0 fully saturated rings. The molecule has 1 heterocycles. The Labute approximate surface area is 109 Å². The first-order valence-corrected chi connectivity index (χ1v) is 6.47. The molecular formula is C11H11N3OS2. The van der Waals surface area contributed by atoms with Crippen molar-refractivity contribution in [3.63, 3.8) is 0 Å². The van der Waals surface area contributed by atoms with Crippen molar-refractivity contribution < 1.29 is 4.79 Å². The third-order valence-corrected chi connectivity index (χ3v) is 3.96. The number of aryl methyl sites for hydroxylation is 1. The molecule has 1 amide bonds. The summed E-state index contributed by atoms with van der Waals surface area (Å²) in [5, 5.41) is 15.5. The average molecular weight is 265 g/mol. The summed E-state index contributed by atoms with van der Waals surface area (Å²) in [6.07, 6.45) is 3.11. The van der Waals surface area contributed by atoms with Gasteiger partial charge in [0, 0.05) is 11.8 Å². The van der Waals surface area contributed by atoms with E-state index >= 15 is 0 Å². The number of carbonyl (C=O) groups is 1. The zero-order valence-corrected chi connectivity index (χ0v) is 10.9. The number of amides is 1. The molecule has 1 aromatic heterocycles. The van der Waals surface area contributed by atoms with Gasteiger partial charge in [0.05, 0.1) is 5.56 Å². The topological polar surface area (TPSA) is 64.9 Å². The standard InChI is InChI=1S/C11H11N3OS2/c1-6(15)13-11(16)14-10-8(5-12)7-3-2-4-9(7)17-10/h2-4H2,1H3,(H2,13,14,15,16). The summed E-state index contributed by atoms with van der Waals surface area (Å²) in [6, 6.07) is 2.21. The van der Waals surface area contributed by atoms with Crippen LogP contribution in [-0.4, -0.2) is 11.0 Å². The molecule has 17 heavy (non-hydrogen) atoms. The molecule has 1 aliphatic carbocycles. The van der Waals surface area contributed by atoms with E-state index in [2.05, 4.69) is 16.7 Å². The van der Waals surface area contributed by atoms with E-state index in [4.69, 9.17) is 17.5 Å². The van der Waals surface area contributed by atoms with Gasteiger partial charge in [-0.3, -0.25) is 4.79 Å². The third-order valence-electron chi connectivity index (χ3n) is 2.55. The second-order valence-electron chi connectivity index (χ2n) is 3.81. The number of nitrogens with one attached hydrogen (secondary N) is 2. The van der Waals surface area contributed by atoms with Gasteiger partial charge in [0.1, 0.15) is 11.1 Å². The SMILES string of the molecule is CC(=O)NC(=S)Nc1sc2c(c1C#N)CCC2. The summed E-state index contributed by atoms with van der Waals surface area (Å²) in [6.45, 7) is 1.40. The van der Waals surface area contributed by atoms with Crippen LogP contribution >= 0.6 is 23.6 Å². The van der Waals surface area contributed by atoms with E-state index < -0.39 is 0 Å². The Morgan fingerprint density at radius 1 is 1.53 bits per heavy atom. The fourth-order valence-corrected chi connectivity index (χ4v) is 3.46. The van der Waals surface area contributed by atoms with Crippen LogP contribution in [0.3, 0.4) is 0 Å². The second kappa shape index (κ2) is 4.82. The number of hydrogen-bond donors (Lipinski definition) is 2. The van der Waals surface area contributed by atoms with Gasteiger partial charge in [-0.15, -0.1) is 11.3 Å². The van der Waals surface area contributed by atoms with Crippen LogP contribution < -0.4 is 10.6 Å². The quantitative estimate of drug-likeness (QED) is 0.762. The van der Waals surface area contributed by atoms with E-state index in [1.165, 1.54) is 11.8 Å². The van der Waals surface area contributed by atoms with Crippen molar-refractivity contribution in [2.75, 3.05) is 5.32 Å². The van der Waals surface area contributed by atoms with Crippen molar-refractivity contribution >= 4 is 39.6 Å². The predicted molar refractivity (Wildman–Crippen MR) is 71.1 cm³/mol. The van der Waals surface area contributed by atoms with Crippen LogP contribution in [0.2, 0.25) is 0 Å². The van der Waals surface area contributed by atoms with Crippen LogP contribution in [0.25, 0.3) is 0 Å². The third kappa shape index (κ3) is 2.46. The second-order valence-corrected chi connectivity index (χ2v) is 5.32. The first kappa shape index (κ1) is 12.0. The lowest BCUT2D eigenvalue weighted by molar-refractivity contribution is -0.117. The highest BCUT2D eigenvalue weighted by Gasteiger charge is 2.22. The molecule has 2 N–H and O–H groups in total. The Kier molecular flexibility index (Phi) is 3.41. The number of thiophene rings is 1. The molecule has 0 saturated carbocycles. The molecular weight excluding hydrogens is 254 g/mol. The monoisotopic (exact) mass is 265 g/mol. The minimum Gasteiger partial charge on any atom is -0.323 e. The van der Waals surface area contributed by atoms with E-state index in [9.17, 15) is 4.79 Å². The zero-order valence-electron chi connectivity index (χ0n) is 9.29. The maximum Gasteiger partial charge on any atom is 0.222 e. The molecule has 0 unspecified atom stereocenters. The smallest absolute Gasteiger partial charge is 0.222 e. The lowest BCUT2D eigenvalue weighted by atomic mass is 10.1. The van der Waals surface area contributed by atoms with Gasteiger partial charge in [0.25, 0.3) is 0 Å². The van der Waals surface area contributed by atoms with E-state index in [0.29, 0.717) is 5.56 Å². The van der Waals surface area contributed by atoms with Crippen LogP contribution in [0.15, 0.2) is 0 Å². The summed E-state index contributed by atoms with van der Waals surface area (Å²) >= 11 is 6.54. The molecule has 1 aliphatic rings. The van der Waals surface area contributed by atoms with Gasteiger partial charge >= 0.3 is 0 Å². The van der Waals surface area contributed by atoms with Crippen molar-refractivity contribution in [2.24, 2.45) is 0 Å². The summed E-state index contributed by atoms with van der Waals surface area (Å²) in [4.78, 5) is 12.1. The molecule has 2 rings (SSSR count). The number of rotatable bonds is 1. The number of nitrogens with zero attached hydrogens (tertiary/aromatic N) is 1. The molecule has 0 radical (unpaired) electrons. The molecule has 0 atom stereocenters. The molecule has 0 aliphatic heterocycles. The maximum atomic E-state index is 10.8. The van der Waals surface area contributed by atoms with Crippen molar-refractivity contribution in [2.45, 2.75) is 26.2 Å². The highest BCUT2D eigenvalue weighted by atomic mass is 32.1. The lowest BCUT2D eigenvalue weighted by Crippen LogP contribution is -2.32. The van der Waals surface area contributed by atoms with Crippen LogP contribution in [0.5, 0.6) is 0 Å². The molecule has 0 spiro atoms. The van der Waals surface area contributed by atoms with E-state index in [0.717, 1.165) is 29.8 Å². The Bertz CT molecular complexity index is 528. The molecule has 4 nitrogen and oxygen atoms in total. The Hall–Kier alpha value is -1.45. The van der Waals surface area contributed by atoms with Gasteiger partial charge in [0.2, 0.25) is 5.91 Å². The molecule has 88 valence electrons. The fourth-order valence-electron chi connectivity index (χ4n) is 1.90. The molecule has 6 heteroatoms. The van der Waals surface area contributed by atoms with E-state index in [-0.39, 0.29) is 11.0 Å². The number of nitriles is 1. The van der Waals surface area contributed by atoms with Gasteiger partial charge in [0.15, 0.2) is 5.11 Å². The molecule has 0 saturated heterocycles. The van der Waals surface area contributed by atoms with Gasteiger partial charge < -0.3 is 10.6 Å². The minimum atomic E-state index is -0.217. The van der Waals surface area contributed by atoms with Crippen molar-refractivity contribution in [1.82, 2.24) is 5.32 Å². The molecule has 0 bridgehead atoms. The summed E-state index contributed by atoms with van der Waals surface area (Å²) in [5.74, 6) is -0.217. The molecule has 1 aromatic rings. The highest BCUT2D eigenvalue weighted by Crippen LogP contribution is 2.38. The first-order chi connectivity index (χ1) is 8.11. The summed E-state index contributed by atoms with van der Waals surface area (Å²) < 4.78 is 0. The first-order valence-electron chi connectivity index (χ1n) is 5.25. The predicted octanol–water partition coefficient (Wildman–Crippen LogP) is 1.94. The van der Waals surface area contributed by atoms with E-state index in [1.807, 2.05) is 0 Å². The van der Waals surface area contributed by atoms with Gasteiger partial charge in [-0.2, -0.15) is 5.26 Å². The number of hydrogen-bond acceptors (Lipinski definition) is 4. The Balaban J connectivity index is 2.20. The highest BCUT2D eigenvalue weighted by molar-refractivity contribution is 7.80. The van der Waals surface area contributed by atoms with Crippen molar-refractivity contribution in [1.29, 1.82) is 5.26 Å². The summed E-state index contributed by atoms with van der Waals surface area (Å²) in [7, 11) is 0. The normalized spacial score (nSPS) is 12.7. The lowest BCUT2D eigenvalue weighted by Gasteiger charge is -2.06. The van der Waals surface area contributed by atoms with Gasteiger partial charge in [-0.25, -0.2) is 0 Å². The zero-order chi connectivity index (χ0) is 12.4. The minimum absolute atomic E-state index is 0.217. The van der Waals surface area contributed by atoms with Crippen LogP contribution in [-0.2, 0) is 17.6 Å². The Morgan fingerprint density at radius 3 is 2.94 bits per heavy atom. The van der Waals surface area contributed by atoms with E-state index in [1.54, 1.807) is 11.3 Å². The van der Waals surface area contributed by atoms with Crippen molar-refractivity contribution in [3.8, 4) is 6.07 Å². The van der Waals surface area contributed by atoms with Crippen LogP contribution in [0.4, 0.5) is 5.00 Å². The number of thiocarbonyl (C=S) groups is 1. The maximum absolute atomic E-state index is 10.8. The van der Waals surface area contributed by atoms with Crippen LogP contribution in [0, 0.1) is 11.3 Å². The summed E-state index contributed by atoms with van der Waals surface area (Å²) in [5.41, 5.74) is 1.82.